The Balaban J connectivity index is 1.27. The van der Waals surface area contributed by atoms with Gasteiger partial charge in [0, 0.05) is 24.0 Å². The van der Waals surface area contributed by atoms with Crippen LogP contribution in [0.1, 0.15) is 30.2 Å². The van der Waals surface area contributed by atoms with E-state index >= 15 is 0 Å². The van der Waals surface area contributed by atoms with Crippen molar-refractivity contribution in [1.29, 1.82) is 0 Å². The lowest BCUT2D eigenvalue weighted by Crippen LogP contribution is -2.44. The summed E-state index contributed by atoms with van der Waals surface area (Å²) in [4.78, 5) is 30.9. The van der Waals surface area contributed by atoms with Gasteiger partial charge in [0.2, 0.25) is 0 Å². The molecule has 33 heavy (non-hydrogen) atoms. The van der Waals surface area contributed by atoms with Crippen molar-refractivity contribution in [2.75, 3.05) is 11.5 Å². The van der Waals surface area contributed by atoms with Crippen molar-refractivity contribution in [1.82, 2.24) is 4.98 Å². The van der Waals surface area contributed by atoms with Crippen molar-refractivity contribution in [3.05, 3.63) is 95.8 Å². The van der Waals surface area contributed by atoms with E-state index in [1.54, 1.807) is 17.2 Å². The summed E-state index contributed by atoms with van der Waals surface area (Å²) >= 11 is 0. The van der Waals surface area contributed by atoms with Crippen molar-refractivity contribution >= 4 is 23.6 Å². The van der Waals surface area contributed by atoms with E-state index < -0.39 is 5.97 Å². The van der Waals surface area contributed by atoms with E-state index in [0.717, 1.165) is 35.3 Å². The molecule has 1 atom stereocenters. The molecule has 6 nitrogen and oxygen atoms in total. The molecule has 0 saturated carbocycles. The summed E-state index contributed by atoms with van der Waals surface area (Å²) in [5.41, 5.74) is 3.71. The summed E-state index contributed by atoms with van der Waals surface area (Å²) in [5, 5.41) is 0. The monoisotopic (exact) mass is 442 g/mol. The van der Waals surface area contributed by atoms with Crippen LogP contribution in [-0.4, -0.2) is 29.5 Å². The molecule has 1 aliphatic rings. The number of nitrogens with zero attached hydrogens (tertiary/aromatic N) is 2. The second kappa shape index (κ2) is 10.6. The molecular formula is C27H26N2O4. The molecule has 1 amide bonds. The number of amides is 1. The zero-order chi connectivity index (χ0) is 23.0. The molecule has 0 saturated heterocycles. The second-order valence-electron chi connectivity index (χ2n) is 7.90. The quantitative estimate of drug-likeness (QED) is 0.396. The molecular weight excluding hydrogens is 416 g/mol. The van der Waals surface area contributed by atoms with Crippen molar-refractivity contribution in [3.63, 3.8) is 0 Å². The molecule has 6 heteroatoms. The lowest BCUT2D eigenvalue weighted by Gasteiger charge is -2.35. The van der Waals surface area contributed by atoms with E-state index in [2.05, 4.69) is 4.98 Å². The van der Waals surface area contributed by atoms with Crippen LogP contribution in [0.15, 0.2) is 79.0 Å². The van der Waals surface area contributed by atoms with E-state index in [9.17, 15) is 9.59 Å². The van der Waals surface area contributed by atoms with Crippen LogP contribution in [-0.2, 0) is 27.4 Å². The molecule has 0 radical (unpaired) electrons. The number of carbonyl (C=O) groups is 2. The lowest BCUT2D eigenvalue weighted by atomic mass is 9.96. The molecule has 3 aromatic rings. The van der Waals surface area contributed by atoms with Crippen LogP contribution in [0.3, 0.4) is 0 Å². The smallest absolute Gasteiger partial charge is 0.331 e. The van der Waals surface area contributed by atoms with Gasteiger partial charge in [0.15, 0.2) is 6.61 Å². The number of anilines is 1. The van der Waals surface area contributed by atoms with E-state index in [4.69, 9.17) is 9.47 Å². The van der Waals surface area contributed by atoms with E-state index in [1.165, 1.54) is 6.08 Å². The van der Waals surface area contributed by atoms with Gasteiger partial charge in [-0.25, -0.2) is 4.79 Å². The standard InChI is InChI=1S/C27H26N2O4/c1-20-9-13-22-6-2-3-8-25(22)29(20)26(30)19-33-27(31)16-12-21-10-14-24(15-11-21)32-18-23-7-4-5-17-28-23/h2-8,10-12,14-17,20H,9,13,18-19H2,1H3. The van der Waals surface area contributed by atoms with Crippen molar-refractivity contribution in [2.24, 2.45) is 0 Å². The number of carbonyl (C=O) groups excluding carboxylic acids is 2. The molecule has 0 N–H and O–H groups in total. The molecule has 0 aliphatic carbocycles. The maximum atomic E-state index is 12.8. The highest BCUT2D eigenvalue weighted by Gasteiger charge is 2.28. The number of para-hydroxylation sites is 1. The Morgan fingerprint density at radius 1 is 1.06 bits per heavy atom. The minimum Gasteiger partial charge on any atom is -0.487 e. The van der Waals surface area contributed by atoms with Gasteiger partial charge in [0.25, 0.3) is 5.91 Å². The zero-order valence-electron chi connectivity index (χ0n) is 18.5. The summed E-state index contributed by atoms with van der Waals surface area (Å²) in [7, 11) is 0. The first-order chi connectivity index (χ1) is 16.1. The first-order valence-corrected chi connectivity index (χ1v) is 11.0. The molecule has 0 fully saturated rings. The second-order valence-corrected chi connectivity index (χ2v) is 7.90. The number of hydrogen-bond donors (Lipinski definition) is 0. The largest absolute Gasteiger partial charge is 0.487 e. The van der Waals surface area contributed by atoms with Crippen LogP contribution >= 0.6 is 0 Å². The molecule has 0 spiro atoms. The average Bonchev–Trinajstić information content (AvgIpc) is 2.86. The number of aryl methyl sites for hydroxylation is 1. The minimum absolute atomic E-state index is 0.0695. The highest BCUT2D eigenvalue weighted by atomic mass is 16.5. The van der Waals surface area contributed by atoms with E-state index in [0.29, 0.717) is 12.4 Å². The molecule has 1 aliphatic heterocycles. The Bertz CT molecular complexity index is 1130. The van der Waals surface area contributed by atoms with Crippen LogP contribution in [0.2, 0.25) is 0 Å². The van der Waals surface area contributed by atoms with Crippen LogP contribution in [0, 0.1) is 0 Å². The highest BCUT2D eigenvalue weighted by molar-refractivity contribution is 5.97. The molecule has 4 rings (SSSR count). The van der Waals surface area contributed by atoms with E-state index in [-0.39, 0.29) is 18.6 Å². The molecule has 2 aromatic carbocycles. The lowest BCUT2D eigenvalue weighted by molar-refractivity contribution is -0.143. The normalized spacial score (nSPS) is 15.2. The molecule has 2 heterocycles. The summed E-state index contributed by atoms with van der Waals surface area (Å²) in [5.74, 6) is -0.0653. The molecule has 1 aromatic heterocycles. The van der Waals surface area contributed by atoms with Crippen molar-refractivity contribution in [2.45, 2.75) is 32.4 Å². The van der Waals surface area contributed by atoms with Gasteiger partial charge in [-0.2, -0.15) is 0 Å². The molecule has 168 valence electrons. The number of aromatic nitrogens is 1. The van der Waals surface area contributed by atoms with Crippen LogP contribution in [0.5, 0.6) is 5.75 Å². The topological polar surface area (TPSA) is 68.7 Å². The maximum Gasteiger partial charge on any atom is 0.331 e. The van der Waals surface area contributed by atoms with Crippen molar-refractivity contribution < 1.29 is 19.1 Å². The van der Waals surface area contributed by atoms with Crippen LogP contribution < -0.4 is 9.64 Å². The van der Waals surface area contributed by atoms with Gasteiger partial charge in [-0.3, -0.25) is 9.78 Å². The molecule has 1 unspecified atom stereocenters. The Kier molecular flexibility index (Phi) is 7.15. The first kappa shape index (κ1) is 22.3. The van der Waals surface area contributed by atoms with Gasteiger partial charge >= 0.3 is 5.97 Å². The highest BCUT2D eigenvalue weighted by Crippen LogP contribution is 2.30. The van der Waals surface area contributed by atoms with E-state index in [1.807, 2.05) is 73.7 Å². The fraction of sp³-hybridized carbons (Fsp3) is 0.222. The Morgan fingerprint density at radius 2 is 1.85 bits per heavy atom. The summed E-state index contributed by atoms with van der Waals surface area (Å²) in [6.45, 7) is 2.11. The van der Waals surface area contributed by atoms with Gasteiger partial charge in [-0.05, 0) is 67.3 Å². The summed E-state index contributed by atoms with van der Waals surface area (Å²) < 4.78 is 10.9. The predicted octanol–water partition coefficient (Wildman–Crippen LogP) is 4.58. The number of esters is 1. The van der Waals surface area contributed by atoms with Gasteiger partial charge in [0.1, 0.15) is 12.4 Å². The summed E-state index contributed by atoms with van der Waals surface area (Å²) in [6.07, 6.45) is 6.53. The average molecular weight is 443 g/mol. The predicted molar refractivity (Wildman–Crippen MR) is 127 cm³/mol. The first-order valence-electron chi connectivity index (χ1n) is 11.0. The van der Waals surface area contributed by atoms with Gasteiger partial charge in [0.05, 0.1) is 5.69 Å². The Hall–Kier alpha value is -3.93. The SMILES string of the molecule is CC1CCc2ccccc2N1C(=O)COC(=O)C=Cc1ccc(OCc2ccccn2)cc1. The minimum atomic E-state index is -0.559. The number of benzene rings is 2. The zero-order valence-corrected chi connectivity index (χ0v) is 18.5. The number of ether oxygens (including phenoxy) is 2. The fourth-order valence-corrected chi connectivity index (χ4v) is 3.80. The summed E-state index contributed by atoms with van der Waals surface area (Å²) in [6, 6.07) is 20.9. The maximum absolute atomic E-state index is 12.8. The molecule has 0 bridgehead atoms. The third-order valence-corrected chi connectivity index (χ3v) is 5.53. The van der Waals surface area contributed by atoms with Gasteiger partial charge in [-0.15, -0.1) is 0 Å². The van der Waals surface area contributed by atoms with Crippen LogP contribution in [0.25, 0.3) is 6.08 Å². The number of pyridine rings is 1. The van der Waals surface area contributed by atoms with Crippen molar-refractivity contribution in [3.8, 4) is 5.75 Å². The Morgan fingerprint density at radius 3 is 2.64 bits per heavy atom. The Labute approximate surface area is 193 Å². The number of rotatable bonds is 7. The van der Waals surface area contributed by atoms with Gasteiger partial charge < -0.3 is 14.4 Å². The fourth-order valence-electron chi connectivity index (χ4n) is 3.80. The van der Waals surface area contributed by atoms with Gasteiger partial charge in [-0.1, -0.05) is 36.4 Å². The number of hydrogen-bond acceptors (Lipinski definition) is 5. The van der Waals surface area contributed by atoms with Crippen LogP contribution in [0.4, 0.5) is 5.69 Å². The number of fused-ring (bicyclic) bond motifs is 1. The third kappa shape index (κ3) is 5.86. The third-order valence-electron chi connectivity index (χ3n) is 5.53.